The van der Waals surface area contributed by atoms with Crippen LogP contribution in [0.5, 0.6) is 0 Å². The van der Waals surface area contributed by atoms with E-state index >= 15 is 0 Å². The van der Waals surface area contributed by atoms with Crippen LogP contribution in [0.15, 0.2) is 4.52 Å². The summed E-state index contributed by atoms with van der Waals surface area (Å²) < 4.78 is 5.10. The van der Waals surface area contributed by atoms with Crippen molar-refractivity contribution in [3.8, 4) is 0 Å². The second-order valence-electron chi connectivity index (χ2n) is 5.83. The monoisotopic (exact) mass is 295 g/mol. The summed E-state index contributed by atoms with van der Waals surface area (Å²) in [5, 5.41) is 16.3. The number of aromatic nitrogens is 2. The third-order valence-corrected chi connectivity index (χ3v) is 3.95. The predicted octanol–water partition coefficient (Wildman–Crippen LogP) is 1.62. The lowest BCUT2D eigenvalue weighted by atomic mass is 9.87. The standard InChI is InChI=1S/C15H25N3O3/c1-2-3-13-17-15(21-18-13)9-8-14(20)16-10-11-4-6-12(19)7-5-11/h11-12,19H,2-10H2,1H3,(H,16,20). The fourth-order valence-corrected chi connectivity index (χ4v) is 2.63. The zero-order valence-electron chi connectivity index (χ0n) is 12.7. The third-order valence-electron chi connectivity index (χ3n) is 3.95. The minimum atomic E-state index is -0.146. The molecule has 1 fully saturated rings. The van der Waals surface area contributed by atoms with Crippen molar-refractivity contribution in [1.29, 1.82) is 0 Å². The molecule has 0 unspecified atom stereocenters. The molecule has 1 saturated carbocycles. The van der Waals surface area contributed by atoms with Gasteiger partial charge in [0.25, 0.3) is 0 Å². The van der Waals surface area contributed by atoms with Crippen LogP contribution in [0.2, 0.25) is 0 Å². The fourth-order valence-electron chi connectivity index (χ4n) is 2.63. The molecule has 2 rings (SSSR count). The van der Waals surface area contributed by atoms with E-state index in [4.69, 9.17) is 4.52 Å². The molecule has 2 N–H and O–H groups in total. The van der Waals surface area contributed by atoms with Gasteiger partial charge in [-0.1, -0.05) is 12.1 Å². The molecule has 0 aliphatic heterocycles. The molecule has 0 radical (unpaired) electrons. The number of aliphatic hydroxyl groups excluding tert-OH is 1. The Morgan fingerprint density at radius 3 is 2.81 bits per heavy atom. The van der Waals surface area contributed by atoms with Gasteiger partial charge in [0.1, 0.15) is 0 Å². The van der Waals surface area contributed by atoms with E-state index in [1.807, 2.05) is 0 Å². The maximum atomic E-state index is 11.8. The lowest BCUT2D eigenvalue weighted by molar-refractivity contribution is -0.121. The number of hydrogen-bond acceptors (Lipinski definition) is 5. The zero-order chi connectivity index (χ0) is 15.1. The highest BCUT2D eigenvalue weighted by Crippen LogP contribution is 2.23. The van der Waals surface area contributed by atoms with Crippen molar-refractivity contribution < 1.29 is 14.4 Å². The first-order chi connectivity index (χ1) is 10.2. The number of nitrogens with one attached hydrogen (secondary N) is 1. The van der Waals surface area contributed by atoms with Gasteiger partial charge in [-0.05, 0) is 38.0 Å². The van der Waals surface area contributed by atoms with Gasteiger partial charge < -0.3 is 14.9 Å². The Hall–Kier alpha value is -1.43. The number of aliphatic hydroxyl groups is 1. The van der Waals surface area contributed by atoms with E-state index < -0.39 is 0 Å². The minimum absolute atomic E-state index is 0.0244. The van der Waals surface area contributed by atoms with Gasteiger partial charge in [-0.15, -0.1) is 0 Å². The van der Waals surface area contributed by atoms with Crippen LogP contribution >= 0.6 is 0 Å². The van der Waals surface area contributed by atoms with Gasteiger partial charge in [-0.2, -0.15) is 4.98 Å². The second kappa shape index (κ2) is 8.12. The lowest BCUT2D eigenvalue weighted by Crippen LogP contribution is -2.32. The molecule has 1 aliphatic rings. The summed E-state index contributed by atoms with van der Waals surface area (Å²) in [4.78, 5) is 16.1. The van der Waals surface area contributed by atoms with Crippen LogP contribution in [0.1, 0.15) is 57.2 Å². The summed E-state index contributed by atoms with van der Waals surface area (Å²) in [7, 11) is 0. The fraction of sp³-hybridized carbons (Fsp3) is 0.800. The topological polar surface area (TPSA) is 88.2 Å². The number of nitrogens with zero attached hydrogens (tertiary/aromatic N) is 2. The molecular weight excluding hydrogens is 270 g/mol. The first kappa shape index (κ1) is 15.9. The first-order valence-corrected chi connectivity index (χ1v) is 7.93. The number of carbonyl (C=O) groups is 1. The van der Waals surface area contributed by atoms with E-state index in [0.717, 1.165) is 38.5 Å². The van der Waals surface area contributed by atoms with Gasteiger partial charge in [0.2, 0.25) is 11.8 Å². The maximum absolute atomic E-state index is 11.8. The van der Waals surface area contributed by atoms with Crippen molar-refractivity contribution >= 4 is 5.91 Å². The normalized spacial score (nSPS) is 22.2. The molecule has 118 valence electrons. The summed E-state index contributed by atoms with van der Waals surface area (Å²) in [5.41, 5.74) is 0. The Balaban J connectivity index is 1.62. The SMILES string of the molecule is CCCc1noc(CCC(=O)NCC2CCC(O)CC2)n1. The van der Waals surface area contributed by atoms with Crippen molar-refractivity contribution in [2.45, 2.75) is 64.4 Å². The first-order valence-electron chi connectivity index (χ1n) is 7.93. The van der Waals surface area contributed by atoms with Crippen molar-refractivity contribution in [2.24, 2.45) is 5.92 Å². The maximum Gasteiger partial charge on any atom is 0.227 e. The number of amides is 1. The quantitative estimate of drug-likeness (QED) is 0.798. The van der Waals surface area contributed by atoms with E-state index in [1.54, 1.807) is 0 Å². The Bertz CT molecular complexity index is 439. The van der Waals surface area contributed by atoms with Crippen molar-refractivity contribution in [3.05, 3.63) is 11.7 Å². The molecule has 1 aromatic rings. The van der Waals surface area contributed by atoms with Crippen LogP contribution in [0.4, 0.5) is 0 Å². The van der Waals surface area contributed by atoms with E-state index in [1.165, 1.54) is 0 Å². The molecule has 1 heterocycles. The lowest BCUT2D eigenvalue weighted by Gasteiger charge is -2.25. The average Bonchev–Trinajstić information content (AvgIpc) is 2.93. The molecule has 0 bridgehead atoms. The molecule has 0 atom stereocenters. The van der Waals surface area contributed by atoms with Gasteiger partial charge in [0, 0.05) is 25.8 Å². The smallest absolute Gasteiger partial charge is 0.227 e. The van der Waals surface area contributed by atoms with Crippen LogP contribution in [0.25, 0.3) is 0 Å². The van der Waals surface area contributed by atoms with E-state index in [9.17, 15) is 9.90 Å². The number of aryl methyl sites for hydroxylation is 2. The van der Waals surface area contributed by atoms with Crippen LogP contribution in [0.3, 0.4) is 0 Å². The summed E-state index contributed by atoms with van der Waals surface area (Å²) in [6.07, 6.45) is 6.20. The van der Waals surface area contributed by atoms with E-state index in [2.05, 4.69) is 22.4 Å². The molecule has 21 heavy (non-hydrogen) atoms. The van der Waals surface area contributed by atoms with Crippen LogP contribution in [0, 0.1) is 5.92 Å². The molecule has 1 amide bonds. The molecule has 1 aliphatic carbocycles. The van der Waals surface area contributed by atoms with Gasteiger partial charge in [0.05, 0.1) is 6.10 Å². The highest BCUT2D eigenvalue weighted by atomic mass is 16.5. The summed E-state index contributed by atoms with van der Waals surface area (Å²) >= 11 is 0. The highest BCUT2D eigenvalue weighted by molar-refractivity contribution is 5.75. The number of carbonyl (C=O) groups excluding carboxylic acids is 1. The molecule has 6 nitrogen and oxygen atoms in total. The molecule has 1 aromatic heterocycles. The van der Waals surface area contributed by atoms with Crippen LogP contribution in [-0.4, -0.2) is 33.8 Å². The third kappa shape index (κ3) is 5.46. The minimum Gasteiger partial charge on any atom is -0.393 e. The highest BCUT2D eigenvalue weighted by Gasteiger charge is 2.19. The Morgan fingerprint density at radius 1 is 1.33 bits per heavy atom. The van der Waals surface area contributed by atoms with Crippen LogP contribution in [-0.2, 0) is 17.6 Å². The van der Waals surface area contributed by atoms with Gasteiger partial charge in [0.15, 0.2) is 5.82 Å². The van der Waals surface area contributed by atoms with E-state index in [-0.39, 0.29) is 12.0 Å². The number of hydrogen-bond donors (Lipinski definition) is 2. The van der Waals surface area contributed by atoms with Gasteiger partial charge in [-0.25, -0.2) is 0 Å². The second-order valence-corrected chi connectivity index (χ2v) is 5.83. The summed E-state index contributed by atoms with van der Waals surface area (Å²) in [5.74, 6) is 1.77. The van der Waals surface area contributed by atoms with Gasteiger partial charge in [-0.3, -0.25) is 4.79 Å². The molecule has 0 aromatic carbocycles. The Kier molecular flexibility index (Phi) is 6.17. The van der Waals surface area contributed by atoms with Gasteiger partial charge >= 0.3 is 0 Å². The van der Waals surface area contributed by atoms with Crippen molar-refractivity contribution in [2.75, 3.05) is 6.54 Å². The summed E-state index contributed by atoms with van der Waals surface area (Å²) in [6, 6.07) is 0. The largest absolute Gasteiger partial charge is 0.393 e. The van der Waals surface area contributed by atoms with Crippen molar-refractivity contribution in [3.63, 3.8) is 0 Å². The molecule has 0 saturated heterocycles. The number of rotatable bonds is 7. The molecular formula is C15H25N3O3. The Labute approximate surface area is 125 Å². The van der Waals surface area contributed by atoms with Crippen molar-refractivity contribution in [1.82, 2.24) is 15.5 Å². The van der Waals surface area contributed by atoms with Crippen LogP contribution < -0.4 is 5.32 Å². The molecule has 6 heteroatoms. The van der Waals surface area contributed by atoms with E-state index in [0.29, 0.717) is 37.0 Å². The zero-order valence-corrected chi connectivity index (χ0v) is 12.7. The molecule has 0 spiro atoms. The average molecular weight is 295 g/mol. The Morgan fingerprint density at radius 2 is 2.10 bits per heavy atom. The predicted molar refractivity (Wildman–Crippen MR) is 77.6 cm³/mol. The summed E-state index contributed by atoms with van der Waals surface area (Å²) in [6.45, 7) is 2.77.